The minimum absolute atomic E-state index is 0.0722. The highest BCUT2D eigenvalue weighted by Crippen LogP contribution is 2.23. The van der Waals surface area contributed by atoms with Crippen molar-refractivity contribution < 1.29 is 9.66 Å². The van der Waals surface area contributed by atoms with Crippen LogP contribution in [0.5, 0.6) is 0 Å². The molecule has 94 valence electrons. The number of hydrogen-bond donors (Lipinski definition) is 1. The van der Waals surface area contributed by atoms with Gasteiger partial charge in [-0.25, -0.2) is 0 Å². The van der Waals surface area contributed by atoms with Crippen LogP contribution in [0.3, 0.4) is 0 Å². The molecule has 0 radical (unpaired) electrons. The SMILES string of the molecule is N#Cc1cc([N+](=O)[O-])ccc1NC1CCCOC1. The summed E-state index contributed by atoms with van der Waals surface area (Å²) in [6.45, 7) is 1.37. The molecule has 18 heavy (non-hydrogen) atoms. The predicted octanol–water partition coefficient (Wildman–Crippen LogP) is 2.06. The molecular formula is C12H13N3O3. The zero-order valence-electron chi connectivity index (χ0n) is 9.76. The summed E-state index contributed by atoms with van der Waals surface area (Å²) < 4.78 is 5.34. The van der Waals surface area contributed by atoms with Gasteiger partial charge in [0.15, 0.2) is 0 Å². The van der Waals surface area contributed by atoms with Crippen LogP contribution in [0.25, 0.3) is 0 Å². The Hall–Kier alpha value is -2.13. The number of nitro groups is 1. The van der Waals surface area contributed by atoms with Crippen molar-refractivity contribution in [3.63, 3.8) is 0 Å². The fourth-order valence-corrected chi connectivity index (χ4v) is 1.94. The Bertz CT molecular complexity index is 490. The Labute approximate surface area is 104 Å². The van der Waals surface area contributed by atoms with Gasteiger partial charge in [-0.15, -0.1) is 0 Å². The van der Waals surface area contributed by atoms with Crippen LogP contribution in [0.4, 0.5) is 11.4 Å². The molecule has 1 heterocycles. The van der Waals surface area contributed by atoms with Gasteiger partial charge in [0.05, 0.1) is 22.8 Å². The maximum absolute atomic E-state index is 10.6. The van der Waals surface area contributed by atoms with Gasteiger partial charge in [0, 0.05) is 24.8 Å². The molecule has 1 saturated heterocycles. The van der Waals surface area contributed by atoms with Crippen molar-refractivity contribution in [2.45, 2.75) is 18.9 Å². The Morgan fingerprint density at radius 1 is 1.56 bits per heavy atom. The molecule has 1 unspecified atom stereocenters. The smallest absolute Gasteiger partial charge is 0.270 e. The lowest BCUT2D eigenvalue weighted by Crippen LogP contribution is -2.30. The minimum Gasteiger partial charge on any atom is -0.379 e. The van der Waals surface area contributed by atoms with Gasteiger partial charge in [0.25, 0.3) is 5.69 Å². The summed E-state index contributed by atoms with van der Waals surface area (Å²) in [6.07, 6.45) is 1.95. The molecule has 1 aliphatic heterocycles. The second-order valence-corrected chi connectivity index (χ2v) is 4.16. The van der Waals surface area contributed by atoms with Gasteiger partial charge in [-0.05, 0) is 18.9 Å². The monoisotopic (exact) mass is 247 g/mol. The molecule has 1 aromatic carbocycles. The first-order valence-corrected chi connectivity index (χ1v) is 5.73. The summed E-state index contributed by atoms with van der Waals surface area (Å²) in [5, 5.41) is 22.8. The quantitative estimate of drug-likeness (QED) is 0.652. The Morgan fingerprint density at radius 3 is 3.00 bits per heavy atom. The standard InChI is InChI=1S/C12H13N3O3/c13-7-9-6-11(15(16)17)3-4-12(9)14-10-2-1-5-18-8-10/h3-4,6,10,14H,1-2,5,8H2. The fraction of sp³-hybridized carbons (Fsp3) is 0.417. The maximum Gasteiger partial charge on any atom is 0.270 e. The van der Waals surface area contributed by atoms with Gasteiger partial charge >= 0.3 is 0 Å². The molecule has 0 bridgehead atoms. The van der Waals surface area contributed by atoms with Crippen LogP contribution in [0, 0.1) is 21.4 Å². The summed E-state index contributed by atoms with van der Waals surface area (Å²) in [5.41, 5.74) is 0.838. The first kappa shape index (κ1) is 12.3. The van der Waals surface area contributed by atoms with Crippen molar-refractivity contribution in [2.24, 2.45) is 0 Å². The molecular weight excluding hydrogens is 234 g/mol. The molecule has 0 spiro atoms. The largest absolute Gasteiger partial charge is 0.379 e. The summed E-state index contributed by atoms with van der Waals surface area (Å²) >= 11 is 0. The number of anilines is 1. The predicted molar refractivity (Wildman–Crippen MR) is 65.3 cm³/mol. The van der Waals surface area contributed by atoms with Gasteiger partial charge in [-0.1, -0.05) is 0 Å². The van der Waals surface area contributed by atoms with Crippen LogP contribution < -0.4 is 5.32 Å². The second kappa shape index (κ2) is 5.47. The lowest BCUT2D eigenvalue weighted by Gasteiger charge is -2.24. The molecule has 0 aromatic heterocycles. The van der Waals surface area contributed by atoms with Gasteiger partial charge < -0.3 is 10.1 Å². The number of non-ortho nitro benzene ring substituents is 1. The molecule has 0 saturated carbocycles. The molecule has 1 N–H and O–H groups in total. The van der Waals surface area contributed by atoms with Crippen molar-refractivity contribution in [3.05, 3.63) is 33.9 Å². The van der Waals surface area contributed by atoms with E-state index in [4.69, 9.17) is 10.00 Å². The van der Waals surface area contributed by atoms with E-state index in [-0.39, 0.29) is 17.3 Å². The van der Waals surface area contributed by atoms with E-state index in [1.165, 1.54) is 12.1 Å². The first-order chi connectivity index (χ1) is 8.70. The van der Waals surface area contributed by atoms with Gasteiger partial charge in [-0.3, -0.25) is 10.1 Å². The zero-order chi connectivity index (χ0) is 13.0. The first-order valence-electron chi connectivity index (χ1n) is 5.73. The fourth-order valence-electron chi connectivity index (χ4n) is 1.94. The van der Waals surface area contributed by atoms with Crippen molar-refractivity contribution in [2.75, 3.05) is 18.5 Å². The number of hydrogen-bond acceptors (Lipinski definition) is 5. The molecule has 0 aliphatic carbocycles. The van der Waals surface area contributed by atoms with E-state index in [1.807, 2.05) is 6.07 Å². The molecule has 0 amide bonds. The maximum atomic E-state index is 10.6. The van der Waals surface area contributed by atoms with E-state index in [2.05, 4.69) is 5.32 Å². The lowest BCUT2D eigenvalue weighted by atomic mass is 10.1. The average molecular weight is 247 g/mol. The molecule has 2 rings (SSSR count). The molecule has 1 aromatic rings. The Balaban J connectivity index is 2.17. The van der Waals surface area contributed by atoms with Gasteiger partial charge in [0.2, 0.25) is 0 Å². The third-order valence-corrected chi connectivity index (χ3v) is 2.85. The number of benzene rings is 1. The van der Waals surface area contributed by atoms with E-state index in [9.17, 15) is 10.1 Å². The van der Waals surface area contributed by atoms with Crippen LogP contribution in [-0.4, -0.2) is 24.2 Å². The summed E-state index contributed by atoms with van der Waals surface area (Å²) in [6, 6.07) is 6.39. The molecule has 1 aliphatic rings. The zero-order valence-corrected chi connectivity index (χ0v) is 9.76. The normalized spacial score (nSPS) is 18.9. The molecule has 6 heteroatoms. The number of rotatable bonds is 3. The highest BCUT2D eigenvalue weighted by atomic mass is 16.6. The van der Waals surface area contributed by atoms with Gasteiger partial charge in [-0.2, -0.15) is 5.26 Å². The topological polar surface area (TPSA) is 88.2 Å². The van der Waals surface area contributed by atoms with E-state index in [1.54, 1.807) is 6.07 Å². The second-order valence-electron chi connectivity index (χ2n) is 4.16. The van der Waals surface area contributed by atoms with Crippen LogP contribution in [0.15, 0.2) is 18.2 Å². The van der Waals surface area contributed by atoms with E-state index in [0.717, 1.165) is 19.4 Å². The van der Waals surface area contributed by atoms with Crippen LogP contribution in [-0.2, 0) is 4.74 Å². The minimum atomic E-state index is -0.506. The highest BCUT2D eigenvalue weighted by molar-refractivity contribution is 5.61. The number of nitro benzene ring substituents is 1. The highest BCUT2D eigenvalue weighted by Gasteiger charge is 2.16. The number of ether oxygens (including phenoxy) is 1. The van der Waals surface area contributed by atoms with Crippen molar-refractivity contribution in [1.29, 1.82) is 5.26 Å². The van der Waals surface area contributed by atoms with Crippen molar-refractivity contribution in [3.8, 4) is 6.07 Å². The van der Waals surface area contributed by atoms with Gasteiger partial charge in [0.1, 0.15) is 6.07 Å². The van der Waals surface area contributed by atoms with Crippen LogP contribution in [0.2, 0.25) is 0 Å². The summed E-state index contributed by atoms with van der Waals surface area (Å²) in [5.74, 6) is 0. The summed E-state index contributed by atoms with van der Waals surface area (Å²) in [7, 11) is 0. The van der Waals surface area contributed by atoms with Crippen molar-refractivity contribution >= 4 is 11.4 Å². The average Bonchev–Trinajstić information content (AvgIpc) is 2.40. The third-order valence-electron chi connectivity index (χ3n) is 2.85. The molecule has 1 atom stereocenters. The lowest BCUT2D eigenvalue weighted by molar-refractivity contribution is -0.384. The summed E-state index contributed by atoms with van der Waals surface area (Å²) in [4.78, 5) is 10.1. The van der Waals surface area contributed by atoms with E-state index < -0.39 is 4.92 Å². The van der Waals surface area contributed by atoms with E-state index >= 15 is 0 Å². The number of nitrogens with zero attached hydrogens (tertiary/aromatic N) is 2. The van der Waals surface area contributed by atoms with E-state index in [0.29, 0.717) is 12.3 Å². The molecule has 6 nitrogen and oxygen atoms in total. The number of nitrogens with one attached hydrogen (secondary N) is 1. The Morgan fingerprint density at radius 2 is 2.39 bits per heavy atom. The van der Waals surface area contributed by atoms with Crippen LogP contribution in [0.1, 0.15) is 18.4 Å². The molecule has 1 fully saturated rings. The number of nitriles is 1. The van der Waals surface area contributed by atoms with Crippen molar-refractivity contribution in [1.82, 2.24) is 0 Å². The third kappa shape index (κ3) is 2.76. The Kier molecular flexibility index (Phi) is 3.75. The van der Waals surface area contributed by atoms with Crippen LogP contribution >= 0.6 is 0 Å².